The van der Waals surface area contributed by atoms with Crippen molar-refractivity contribution >= 4 is 29.4 Å². The lowest BCUT2D eigenvalue weighted by Gasteiger charge is -2.07. The van der Waals surface area contributed by atoms with E-state index in [1.807, 2.05) is 18.2 Å². The molecule has 0 saturated carbocycles. The number of fused-ring (bicyclic) bond motifs is 1. The summed E-state index contributed by atoms with van der Waals surface area (Å²) in [5.41, 5.74) is 3.56. The van der Waals surface area contributed by atoms with E-state index in [9.17, 15) is 10.1 Å². The monoisotopic (exact) mass is 348 g/mol. The zero-order valence-corrected chi connectivity index (χ0v) is 13.0. The van der Waals surface area contributed by atoms with E-state index >= 15 is 0 Å². The van der Waals surface area contributed by atoms with Gasteiger partial charge in [0.25, 0.3) is 0 Å². The van der Waals surface area contributed by atoms with Crippen LogP contribution in [0.1, 0.15) is 11.3 Å². The first-order valence-corrected chi connectivity index (χ1v) is 7.22. The van der Waals surface area contributed by atoms with Gasteiger partial charge >= 0.3 is 5.88 Å². The molecule has 0 spiro atoms. The minimum atomic E-state index is -0.623. The molecule has 0 amide bonds. The van der Waals surface area contributed by atoms with Crippen LogP contribution in [0, 0.1) is 10.1 Å². The van der Waals surface area contributed by atoms with Gasteiger partial charge in [-0.3, -0.25) is 15.5 Å². The largest absolute Gasteiger partial charge is 0.454 e. The van der Waals surface area contributed by atoms with E-state index in [0.717, 1.165) is 11.3 Å². The predicted octanol–water partition coefficient (Wildman–Crippen LogP) is 1.91. The van der Waals surface area contributed by atoms with E-state index in [0.29, 0.717) is 17.4 Å². The van der Waals surface area contributed by atoms with Gasteiger partial charge in [0.05, 0.1) is 12.3 Å². The molecule has 1 aliphatic heterocycles. The van der Waals surface area contributed by atoms with Crippen molar-refractivity contribution in [3.63, 3.8) is 0 Å². The zero-order valence-electron chi connectivity index (χ0n) is 12.2. The molecule has 0 unspecified atom stereocenters. The van der Waals surface area contributed by atoms with Crippen molar-refractivity contribution in [3.05, 3.63) is 51.8 Å². The second-order valence-corrected chi connectivity index (χ2v) is 5.08. The van der Waals surface area contributed by atoms with E-state index in [1.165, 1.54) is 18.3 Å². The highest BCUT2D eigenvalue weighted by atomic mass is 32.1. The topological polar surface area (TPSA) is 111 Å². The molecule has 2 N–H and O–H groups in total. The molecular weight excluding hydrogens is 336 g/mol. The average molecular weight is 348 g/mol. The second kappa shape index (κ2) is 6.96. The Hall–Kier alpha value is -3.14. The Morgan fingerprint density at radius 3 is 2.96 bits per heavy atom. The first-order valence-electron chi connectivity index (χ1n) is 6.81. The first kappa shape index (κ1) is 15.7. The van der Waals surface area contributed by atoms with E-state index in [-0.39, 0.29) is 18.4 Å². The SMILES string of the molecule is O=[N+]([O-])c1ccc(/C=N\NC(=S)NCc2ccc3c(c2)OCO3)o1. The molecule has 124 valence electrons. The van der Waals surface area contributed by atoms with Gasteiger partial charge in [0.15, 0.2) is 22.4 Å². The van der Waals surface area contributed by atoms with Crippen LogP contribution < -0.4 is 20.2 Å². The number of rotatable bonds is 5. The Labute approximate surface area is 141 Å². The van der Waals surface area contributed by atoms with Gasteiger partial charge in [-0.25, -0.2) is 0 Å². The summed E-state index contributed by atoms with van der Waals surface area (Å²) in [6.45, 7) is 0.704. The maximum Gasteiger partial charge on any atom is 0.433 e. The number of nitrogens with one attached hydrogen (secondary N) is 2. The minimum absolute atomic E-state index is 0.228. The number of hydrazone groups is 1. The van der Waals surface area contributed by atoms with Gasteiger partial charge in [0.2, 0.25) is 6.79 Å². The molecule has 9 nitrogen and oxygen atoms in total. The zero-order chi connectivity index (χ0) is 16.9. The molecule has 1 aromatic carbocycles. The molecule has 2 aromatic rings. The number of furan rings is 1. The molecule has 1 aliphatic rings. The molecule has 0 fully saturated rings. The summed E-state index contributed by atoms with van der Waals surface area (Å²) in [7, 11) is 0. The molecule has 0 aliphatic carbocycles. The van der Waals surface area contributed by atoms with E-state index in [2.05, 4.69) is 15.8 Å². The summed E-state index contributed by atoms with van der Waals surface area (Å²) in [6.07, 6.45) is 1.29. The fourth-order valence-corrected chi connectivity index (χ4v) is 2.06. The Morgan fingerprint density at radius 1 is 1.33 bits per heavy atom. The highest BCUT2D eigenvalue weighted by molar-refractivity contribution is 7.80. The summed E-state index contributed by atoms with van der Waals surface area (Å²) in [4.78, 5) is 9.87. The summed E-state index contributed by atoms with van der Waals surface area (Å²) in [5.74, 6) is 1.31. The number of benzene rings is 1. The number of thiocarbonyl (C=S) groups is 1. The third-order valence-corrected chi connectivity index (χ3v) is 3.28. The highest BCUT2D eigenvalue weighted by Crippen LogP contribution is 2.32. The Kier molecular flexibility index (Phi) is 4.57. The fraction of sp³-hybridized carbons (Fsp3) is 0.143. The molecule has 0 radical (unpaired) electrons. The number of nitro groups is 1. The molecule has 1 aromatic heterocycles. The van der Waals surface area contributed by atoms with Crippen molar-refractivity contribution in [1.29, 1.82) is 0 Å². The number of nitrogens with zero attached hydrogens (tertiary/aromatic N) is 2. The summed E-state index contributed by atoms with van der Waals surface area (Å²) >= 11 is 5.08. The van der Waals surface area contributed by atoms with Gasteiger partial charge in [-0.05, 0) is 36.0 Å². The van der Waals surface area contributed by atoms with Gasteiger partial charge < -0.3 is 19.2 Å². The van der Waals surface area contributed by atoms with E-state index in [4.69, 9.17) is 26.1 Å². The molecule has 0 bridgehead atoms. The lowest BCUT2D eigenvalue weighted by atomic mass is 10.2. The fourth-order valence-electron chi connectivity index (χ4n) is 1.94. The van der Waals surface area contributed by atoms with Crippen molar-refractivity contribution in [2.24, 2.45) is 5.10 Å². The molecular formula is C14H12N4O5S. The van der Waals surface area contributed by atoms with Crippen molar-refractivity contribution in [3.8, 4) is 11.5 Å². The van der Waals surface area contributed by atoms with Crippen LogP contribution in [-0.2, 0) is 6.54 Å². The average Bonchev–Trinajstić information content (AvgIpc) is 3.21. The quantitative estimate of drug-likeness (QED) is 0.365. The van der Waals surface area contributed by atoms with Gasteiger partial charge in [0, 0.05) is 6.54 Å². The standard InChI is InChI=1S/C14H12N4O5S/c19-18(20)13-4-2-10(23-13)7-16-17-14(24)15-6-9-1-3-11-12(5-9)22-8-21-11/h1-5,7H,6,8H2,(H2,15,17,24)/b16-7-. The van der Waals surface area contributed by atoms with Crippen molar-refractivity contribution in [2.75, 3.05) is 6.79 Å². The lowest BCUT2D eigenvalue weighted by molar-refractivity contribution is -0.402. The summed E-state index contributed by atoms with van der Waals surface area (Å²) < 4.78 is 15.5. The Morgan fingerprint density at radius 2 is 2.17 bits per heavy atom. The minimum Gasteiger partial charge on any atom is -0.454 e. The third-order valence-electron chi connectivity index (χ3n) is 3.04. The lowest BCUT2D eigenvalue weighted by Crippen LogP contribution is -2.31. The summed E-state index contributed by atoms with van der Waals surface area (Å²) in [6, 6.07) is 8.28. The second-order valence-electron chi connectivity index (χ2n) is 4.67. The molecule has 2 heterocycles. The molecule has 10 heteroatoms. The van der Waals surface area contributed by atoms with Crippen LogP contribution in [0.25, 0.3) is 0 Å². The van der Waals surface area contributed by atoms with Crippen LogP contribution in [0.15, 0.2) is 39.9 Å². The first-order chi connectivity index (χ1) is 11.6. The van der Waals surface area contributed by atoms with Crippen LogP contribution in [0.2, 0.25) is 0 Å². The van der Waals surface area contributed by atoms with Gasteiger partial charge in [-0.2, -0.15) is 5.10 Å². The maximum absolute atomic E-state index is 10.5. The van der Waals surface area contributed by atoms with E-state index in [1.54, 1.807) is 0 Å². The van der Waals surface area contributed by atoms with Crippen LogP contribution in [0.3, 0.4) is 0 Å². The Bertz CT molecular complexity index is 804. The van der Waals surface area contributed by atoms with Crippen LogP contribution in [-0.4, -0.2) is 23.0 Å². The number of hydrogen-bond donors (Lipinski definition) is 2. The van der Waals surface area contributed by atoms with Crippen LogP contribution >= 0.6 is 12.2 Å². The molecule has 0 atom stereocenters. The number of hydrogen-bond acceptors (Lipinski definition) is 7. The van der Waals surface area contributed by atoms with Gasteiger partial charge in [-0.15, -0.1) is 0 Å². The molecule has 3 rings (SSSR count). The summed E-state index contributed by atoms with van der Waals surface area (Å²) in [5, 5.41) is 17.6. The van der Waals surface area contributed by atoms with Gasteiger partial charge in [0.1, 0.15) is 4.92 Å². The van der Waals surface area contributed by atoms with Crippen LogP contribution in [0.5, 0.6) is 11.5 Å². The van der Waals surface area contributed by atoms with Gasteiger partial charge in [-0.1, -0.05) is 6.07 Å². The molecule has 0 saturated heterocycles. The van der Waals surface area contributed by atoms with Crippen molar-refractivity contribution < 1.29 is 18.8 Å². The number of ether oxygens (including phenoxy) is 2. The normalized spacial score (nSPS) is 12.3. The smallest absolute Gasteiger partial charge is 0.433 e. The predicted molar refractivity (Wildman–Crippen MR) is 88.1 cm³/mol. The maximum atomic E-state index is 10.5. The van der Waals surface area contributed by atoms with Crippen LogP contribution in [0.4, 0.5) is 5.88 Å². The highest BCUT2D eigenvalue weighted by Gasteiger charge is 2.13. The van der Waals surface area contributed by atoms with Crippen molar-refractivity contribution in [1.82, 2.24) is 10.7 Å². The Balaban J connectivity index is 1.47. The van der Waals surface area contributed by atoms with E-state index < -0.39 is 4.92 Å². The van der Waals surface area contributed by atoms with Crippen molar-refractivity contribution in [2.45, 2.75) is 6.54 Å². The third kappa shape index (κ3) is 3.79. The molecule has 24 heavy (non-hydrogen) atoms.